The van der Waals surface area contributed by atoms with Gasteiger partial charge >= 0.3 is 0 Å². The first-order valence-corrected chi connectivity index (χ1v) is 8.26. The van der Waals surface area contributed by atoms with Crippen molar-refractivity contribution in [3.05, 3.63) is 57.0 Å². The maximum Gasteiger partial charge on any atom is 0.0603 e. The summed E-state index contributed by atoms with van der Waals surface area (Å²) in [5.41, 5.74) is 1.12. The minimum absolute atomic E-state index is 0.596. The minimum Gasteiger partial charge on any atom is -0.384 e. The van der Waals surface area contributed by atoms with Crippen molar-refractivity contribution in [2.45, 2.75) is 4.90 Å². The van der Waals surface area contributed by atoms with Gasteiger partial charge < -0.3 is 5.32 Å². The number of thioether (sulfide) groups is 1. The third-order valence-electron chi connectivity index (χ3n) is 2.44. The summed E-state index contributed by atoms with van der Waals surface area (Å²) >= 11 is 17.0. The first kappa shape index (κ1) is 15.0. The van der Waals surface area contributed by atoms with Gasteiger partial charge in [-0.3, -0.25) is 0 Å². The Morgan fingerprint density at radius 3 is 2.42 bits per heavy atom. The van der Waals surface area contributed by atoms with E-state index >= 15 is 0 Å². The van der Waals surface area contributed by atoms with Crippen LogP contribution < -0.4 is 5.32 Å². The average Bonchev–Trinajstić information content (AvgIpc) is 2.41. The molecule has 5 heteroatoms. The van der Waals surface area contributed by atoms with Crippen LogP contribution in [0.25, 0.3) is 0 Å². The standard InChI is InChI=1S/C14H12BrCl2NS/c15-10-1-3-11(4-2-10)18-7-8-19-12-5-6-13(16)14(17)9-12/h1-6,9,18H,7-8H2. The van der Waals surface area contributed by atoms with Crippen LogP contribution in [-0.2, 0) is 0 Å². The van der Waals surface area contributed by atoms with Crippen molar-refractivity contribution in [1.29, 1.82) is 0 Å². The molecule has 19 heavy (non-hydrogen) atoms. The van der Waals surface area contributed by atoms with Crippen LogP contribution in [0.1, 0.15) is 0 Å². The van der Waals surface area contributed by atoms with Crippen LogP contribution in [0.15, 0.2) is 51.8 Å². The molecule has 0 spiro atoms. The molecule has 2 rings (SSSR count). The molecule has 0 amide bonds. The molecular weight excluding hydrogens is 365 g/mol. The predicted octanol–water partition coefficient (Wildman–Crippen LogP) is 5.96. The van der Waals surface area contributed by atoms with Gasteiger partial charge in [0.1, 0.15) is 0 Å². The molecular formula is C14H12BrCl2NS. The first-order chi connectivity index (χ1) is 9.15. The zero-order valence-electron chi connectivity index (χ0n) is 10.00. The molecule has 0 saturated heterocycles. The number of halogens is 3. The number of nitrogens with one attached hydrogen (secondary N) is 1. The summed E-state index contributed by atoms with van der Waals surface area (Å²) in [5.74, 6) is 0.966. The molecule has 0 aliphatic heterocycles. The zero-order chi connectivity index (χ0) is 13.7. The van der Waals surface area contributed by atoms with E-state index in [1.54, 1.807) is 11.8 Å². The van der Waals surface area contributed by atoms with Crippen molar-refractivity contribution in [3.63, 3.8) is 0 Å². The van der Waals surface area contributed by atoms with Crippen LogP contribution >= 0.6 is 50.9 Å². The summed E-state index contributed by atoms with van der Waals surface area (Å²) in [6, 6.07) is 13.9. The Kier molecular flexibility index (Phi) is 5.89. The maximum absolute atomic E-state index is 5.97. The minimum atomic E-state index is 0.596. The van der Waals surface area contributed by atoms with Gasteiger partial charge in [0.15, 0.2) is 0 Å². The highest BCUT2D eigenvalue weighted by atomic mass is 79.9. The van der Waals surface area contributed by atoms with Gasteiger partial charge in [0.2, 0.25) is 0 Å². The van der Waals surface area contributed by atoms with E-state index in [0.29, 0.717) is 10.0 Å². The molecule has 0 aromatic heterocycles. The number of hydrogen-bond acceptors (Lipinski definition) is 2. The van der Waals surface area contributed by atoms with Crippen LogP contribution in [0, 0.1) is 0 Å². The monoisotopic (exact) mass is 375 g/mol. The van der Waals surface area contributed by atoms with Crippen molar-refractivity contribution >= 4 is 56.6 Å². The Bertz CT molecular complexity index is 546. The van der Waals surface area contributed by atoms with E-state index in [0.717, 1.165) is 27.4 Å². The highest BCUT2D eigenvalue weighted by molar-refractivity contribution is 9.10. The number of hydrogen-bond donors (Lipinski definition) is 1. The van der Waals surface area contributed by atoms with Crippen molar-refractivity contribution in [3.8, 4) is 0 Å². The van der Waals surface area contributed by atoms with Crippen LogP contribution in [-0.4, -0.2) is 12.3 Å². The van der Waals surface area contributed by atoms with E-state index in [1.165, 1.54) is 0 Å². The third-order valence-corrected chi connectivity index (χ3v) is 4.70. The smallest absolute Gasteiger partial charge is 0.0603 e. The van der Waals surface area contributed by atoms with Crippen LogP contribution in [0.5, 0.6) is 0 Å². The predicted molar refractivity (Wildman–Crippen MR) is 89.8 cm³/mol. The molecule has 0 fully saturated rings. The van der Waals surface area contributed by atoms with E-state index in [-0.39, 0.29) is 0 Å². The van der Waals surface area contributed by atoms with Crippen molar-refractivity contribution in [1.82, 2.24) is 0 Å². The topological polar surface area (TPSA) is 12.0 Å². The normalized spacial score (nSPS) is 10.5. The van der Waals surface area contributed by atoms with Crippen molar-refractivity contribution in [2.24, 2.45) is 0 Å². The van der Waals surface area contributed by atoms with E-state index in [2.05, 4.69) is 21.2 Å². The summed E-state index contributed by atoms with van der Waals surface area (Å²) < 4.78 is 1.09. The lowest BCUT2D eigenvalue weighted by atomic mass is 10.3. The fraction of sp³-hybridized carbons (Fsp3) is 0.143. The largest absolute Gasteiger partial charge is 0.384 e. The van der Waals surface area contributed by atoms with Gasteiger partial charge in [-0.25, -0.2) is 0 Å². The summed E-state index contributed by atoms with van der Waals surface area (Å²) in [5, 5.41) is 4.57. The van der Waals surface area contributed by atoms with Crippen LogP contribution in [0.4, 0.5) is 5.69 Å². The molecule has 100 valence electrons. The fourth-order valence-corrected chi connectivity index (χ4v) is 2.93. The van der Waals surface area contributed by atoms with E-state index in [4.69, 9.17) is 23.2 Å². The molecule has 0 bridgehead atoms. The van der Waals surface area contributed by atoms with Gasteiger partial charge in [-0.1, -0.05) is 39.1 Å². The average molecular weight is 377 g/mol. The Balaban J connectivity index is 1.77. The molecule has 0 radical (unpaired) electrons. The second-order valence-corrected chi connectivity index (χ2v) is 6.76. The van der Waals surface area contributed by atoms with Crippen molar-refractivity contribution < 1.29 is 0 Å². The van der Waals surface area contributed by atoms with Gasteiger partial charge in [0, 0.05) is 27.4 Å². The molecule has 1 N–H and O–H groups in total. The molecule has 0 aliphatic carbocycles. The Labute approximate surface area is 135 Å². The van der Waals surface area contributed by atoms with Gasteiger partial charge in [-0.2, -0.15) is 0 Å². The van der Waals surface area contributed by atoms with Crippen LogP contribution in [0.2, 0.25) is 10.0 Å². The molecule has 0 heterocycles. The highest BCUT2D eigenvalue weighted by Gasteiger charge is 2.00. The van der Waals surface area contributed by atoms with Gasteiger partial charge in [0.05, 0.1) is 10.0 Å². The van der Waals surface area contributed by atoms with Crippen LogP contribution in [0.3, 0.4) is 0 Å². The lowest BCUT2D eigenvalue weighted by Crippen LogP contribution is -2.03. The quantitative estimate of drug-likeness (QED) is 0.510. The highest BCUT2D eigenvalue weighted by Crippen LogP contribution is 2.27. The second-order valence-electron chi connectivity index (χ2n) is 3.86. The number of anilines is 1. The molecule has 0 saturated carbocycles. The second kappa shape index (κ2) is 7.44. The third kappa shape index (κ3) is 4.92. The lowest BCUT2D eigenvalue weighted by molar-refractivity contribution is 1.22. The van der Waals surface area contributed by atoms with E-state index in [1.807, 2.05) is 42.5 Å². The van der Waals surface area contributed by atoms with Gasteiger partial charge in [0.25, 0.3) is 0 Å². The fourth-order valence-electron chi connectivity index (χ4n) is 1.50. The Morgan fingerprint density at radius 1 is 1.00 bits per heavy atom. The maximum atomic E-state index is 5.97. The Hall–Kier alpha value is -0.350. The molecule has 2 aromatic carbocycles. The van der Waals surface area contributed by atoms with E-state index < -0.39 is 0 Å². The lowest BCUT2D eigenvalue weighted by Gasteiger charge is -2.07. The number of benzene rings is 2. The van der Waals surface area contributed by atoms with Gasteiger partial charge in [-0.05, 0) is 42.5 Å². The summed E-state index contributed by atoms with van der Waals surface area (Å²) in [7, 11) is 0. The van der Waals surface area contributed by atoms with E-state index in [9.17, 15) is 0 Å². The van der Waals surface area contributed by atoms with Gasteiger partial charge in [-0.15, -0.1) is 11.8 Å². The zero-order valence-corrected chi connectivity index (χ0v) is 13.9. The molecule has 2 aromatic rings. The van der Waals surface area contributed by atoms with Crippen molar-refractivity contribution in [2.75, 3.05) is 17.6 Å². The molecule has 0 aliphatic rings. The first-order valence-electron chi connectivity index (χ1n) is 5.72. The molecule has 0 unspecified atom stereocenters. The summed E-state index contributed by atoms with van der Waals surface area (Å²) in [6.07, 6.45) is 0. The molecule has 0 atom stereocenters. The number of rotatable bonds is 5. The summed E-state index contributed by atoms with van der Waals surface area (Å²) in [4.78, 5) is 1.13. The SMILES string of the molecule is Clc1ccc(SCCNc2ccc(Br)cc2)cc1Cl. The summed E-state index contributed by atoms with van der Waals surface area (Å²) in [6.45, 7) is 0.895. The Morgan fingerprint density at radius 2 is 1.74 bits per heavy atom. The molecule has 1 nitrogen and oxygen atoms in total.